The van der Waals surface area contributed by atoms with Crippen molar-refractivity contribution in [1.82, 2.24) is 0 Å². The average molecular weight is 267 g/mol. The smallest absolute Gasteiger partial charge is 0.480 e. The lowest BCUT2D eigenvalue weighted by Crippen LogP contribution is -2.31. The van der Waals surface area contributed by atoms with Gasteiger partial charge in [0.15, 0.2) is 0 Å². The van der Waals surface area contributed by atoms with Gasteiger partial charge in [-0.25, -0.2) is 4.79 Å². The molecule has 1 atom stereocenters. The van der Waals surface area contributed by atoms with Crippen LogP contribution in [0.1, 0.15) is 13.8 Å². The van der Waals surface area contributed by atoms with Crippen LogP contribution in [0.5, 0.6) is 0 Å². The predicted molar refractivity (Wildman–Crippen MR) is 58.4 cm³/mol. The Kier molecular flexibility index (Phi) is 10.0. The van der Waals surface area contributed by atoms with Gasteiger partial charge in [0.05, 0.1) is 0 Å². The molecule has 0 rings (SSSR count). The Morgan fingerprint density at radius 3 is 1.65 bits per heavy atom. The van der Waals surface area contributed by atoms with Crippen molar-refractivity contribution in [2.45, 2.75) is 19.9 Å². The quantitative estimate of drug-likeness (QED) is 0.348. The summed E-state index contributed by atoms with van der Waals surface area (Å²) in [6.45, 7) is 2.06. The van der Waals surface area contributed by atoms with Gasteiger partial charge in [-0.05, 0) is 0 Å². The molecule has 0 amide bonds. The Morgan fingerprint density at radius 1 is 1.18 bits per heavy atom. The van der Waals surface area contributed by atoms with E-state index in [2.05, 4.69) is 22.1 Å². The number of ether oxygens (including phenoxy) is 2. The second-order valence-electron chi connectivity index (χ2n) is 2.56. The zero-order chi connectivity index (χ0) is 14.0. The number of esters is 2. The van der Waals surface area contributed by atoms with Crippen LogP contribution in [-0.2, 0) is 23.9 Å². The van der Waals surface area contributed by atoms with Gasteiger partial charge < -0.3 is 20.3 Å². The molecule has 0 aromatic heterocycles. The normalized spacial score (nSPS) is 10.4. The molecule has 0 spiro atoms. The first kappa shape index (κ1) is 17.8. The molecule has 0 aliphatic rings. The molecular weight excluding hydrogens is 254 g/mol. The van der Waals surface area contributed by atoms with Crippen molar-refractivity contribution >= 4 is 36.7 Å². The van der Waals surface area contributed by atoms with Crippen LogP contribution in [0.4, 0.5) is 4.79 Å². The Morgan fingerprint density at radius 2 is 1.53 bits per heavy atom. The van der Waals surface area contributed by atoms with Crippen molar-refractivity contribution in [1.29, 1.82) is 0 Å². The number of rotatable bonds is 2. The van der Waals surface area contributed by atoms with Crippen LogP contribution in [0.2, 0.25) is 0 Å². The van der Waals surface area contributed by atoms with E-state index in [0.717, 1.165) is 13.8 Å². The summed E-state index contributed by atoms with van der Waals surface area (Å²) in [5.74, 6) is -2.44. The molecule has 9 heteroatoms. The number of hydrogen-bond acceptors (Lipinski definition) is 8. The van der Waals surface area contributed by atoms with Crippen molar-refractivity contribution in [3.05, 3.63) is 0 Å². The fraction of sp³-hybridized carbons (Fsp3) is 0.500. The molecule has 17 heavy (non-hydrogen) atoms. The van der Waals surface area contributed by atoms with Crippen molar-refractivity contribution < 1.29 is 33.8 Å². The summed E-state index contributed by atoms with van der Waals surface area (Å²) >= 11 is 3.65. The Labute approximate surface area is 102 Å². The monoisotopic (exact) mass is 267 g/mol. The van der Waals surface area contributed by atoms with Gasteiger partial charge in [0.2, 0.25) is 0 Å². The minimum absolute atomic E-state index is 0.190. The van der Waals surface area contributed by atoms with Crippen molar-refractivity contribution in [3.63, 3.8) is 0 Å². The van der Waals surface area contributed by atoms with E-state index in [1.54, 1.807) is 0 Å². The van der Waals surface area contributed by atoms with E-state index in [0.29, 0.717) is 0 Å². The van der Waals surface area contributed by atoms with Crippen molar-refractivity contribution in [2.75, 3.05) is 5.75 Å². The number of carboxylic acids is 1. The number of carboxylic acid groups (broad SMARTS) is 1. The van der Waals surface area contributed by atoms with E-state index in [1.165, 1.54) is 0 Å². The Hall–Kier alpha value is -1.61. The van der Waals surface area contributed by atoms with Crippen LogP contribution >= 0.6 is 12.6 Å². The van der Waals surface area contributed by atoms with Crippen molar-refractivity contribution in [2.24, 2.45) is 5.73 Å². The second-order valence-corrected chi connectivity index (χ2v) is 2.93. The third kappa shape index (κ3) is 14.4. The van der Waals surface area contributed by atoms with Crippen LogP contribution in [0.15, 0.2) is 0 Å². The predicted octanol–water partition coefficient (Wildman–Crippen LogP) is -0.439. The summed E-state index contributed by atoms with van der Waals surface area (Å²) in [7, 11) is 0. The highest BCUT2D eigenvalue weighted by Crippen LogP contribution is 1.85. The third-order valence-electron chi connectivity index (χ3n) is 0.968. The number of carbonyl (C=O) groups is 4. The van der Waals surface area contributed by atoms with Crippen LogP contribution in [-0.4, -0.2) is 41.0 Å². The fourth-order valence-corrected chi connectivity index (χ4v) is 0.490. The van der Waals surface area contributed by atoms with Gasteiger partial charge in [-0.2, -0.15) is 12.6 Å². The lowest BCUT2D eigenvalue weighted by Gasteiger charge is -1.96. The molecule has 0 saturated heterocycles. The maximum absolute atomic E-state index is 10.2. The van der Waals surface area contributed by atoms with Gasteiger partial charge in [-0.15, -0.1) is 0 Å². The van der Waals surface area contributed by atoms with Gasteiger partial charge in [-0.3, -0.25) is 14.4 Å². The lowest BCUT2D eigenvalue weighted by molar-refractivity contribution is -0.143. The van der Waals surface area contributed by atoms with Crippen LogP contribution in [0.25, 0.3) is 0 Å². The standard InChI is InChI=1S/C5H6O5.C3H7NO2S/c1-3(6)9-5(8)10-4(2)7;4-2(1-7)3(5)6/h1-2H3;2,7H,1,4H2,(H,5,6)/t;2-/m.0/s1. The maximum Gasteiger partial charge on any atom is 0.524 e. The molecular formula is C8H13NO7S. The highest BCUT2D eigenvalue weighted by molar-refractivity contribution is 7.80. The molecule has 0 aliphatic heterocycles. The summed E-state index contributed by atoms with van der Waals surface area (Å²) in [6, 6.07) is -0.816. The van der Waals surface area contributed by atoms with Gasteiger partial charge in [0, 0.05) is 19.6 Å². The van der Waals surface area contributed by atoms with Gasteiger partial charge in [-0.1, -0.05) is 0 Å². The molecule has 0 bridgehead atoms. The zero-order valence-electron chi connectivity index (χ0n) is 9.21. The first-order valence-electron chi connectivity index (χ1n) is 4.20. The molecule has 0 aromatic carbocycles. The highest BCUT2D eigenvalue weighted by atomic mass is 32.1. The number of carbonyl (C=O) groups excluding carboxylic acids is 3. The maximum atomic E-state index is 10.2. The molecule has 0 saturated carbocycles. The molecule has 8 nitrogen and oxygen atoms in total. The fourth-order valence-electron chi connectivity index (χ4n) is 0.334. The Balaban J connectivity index is 0. The minimum Gasteiger partial charge on any atom is -0.480 e. The minimum atomic E-state index is -1.29. The molecule has 0 aliphatic carbocycles. The van der Waals surface area contributed by atoms with E-state index < -0.39 is 30.1 Å². The van der Waals surface area contributed by atoms with Crippen LogP contribution in [0, 0.1) is 0 Å². The van der Waals surface area contributed by atoms with E-state index in [4.69, 9.17) is 10.8 Å². The highest BCUT2D eigenvalue weighted by Gasteiger charge is 2.08. The van der Waals surface area contributed by atoms with Gasteiger partial charge >= 0.3 is 24.1 Å². The summed E-state index contributed by atoms with van der Waals surface area (Å²) < 4.78 is 7.68. The molecule has 0 heterocycles. The van der Waals surface area contributed by atoms with Crippen LogP contribution < -0.4 is 5.73 Å². The van der Waals surface area contributed by atoms with Gasteiger partial charge in [0.25, 0.3) is 0 Å². The zero-order valence-corrected chi connectivity index (χ0v) is 10.1. The Bertz CT molecular complexity index is 286. The molecule has 0 unspecified atom stereocenters. The first-order chi connectivity index (χ1) is 7.70. The van der Waals surface area contributed by atoms with Crippen LogP contribution in [0.3, 0.4) is 0 Å². The summed E-state index contributed by atoms with van der Waals surface area (Å²) in [4.78, 5) is 39.9. The SMILES string of the molecule is CC(=O)OC(=O)OC(C)=O.N[C@@H](CS)C(=O)O. The summed E-state index contributed by atoms with van der Waals surface area (Å²) in [5, 5.41) is 8.01. The van der Waals surface area contributed by atoms with Crippen molar-refractivity contribution in [3.8, 4) is 0 Å². The molecule has 0 aromatic rings. The molecule has 0 fully saturated rings. The van der Waals surface area contributed by atoms with E-state index in [1.807, 2.05) is 0 Å². The summed E-state index contributed by atoms with van der Waals surface area (Å²) in [6.07, 6.45) is -1.29. The average Bonchev–Trinajstić information content (AvgIpc) is 2.14. The largest absolute Gasteiger partial charge is 0.524 e. The lowest BCUT2D eigenvalue weighted by atomic mass is 10.4. The van der Waals surface area contributed by atoms with E-state index >= 15 is 0 Å². The number of hydrogen-bond donors (Lipinski definition) is 3. The topological polar surface area (TPSA) is 133 Å². The van der Waals surface area contributed by atoms with E-state index in [-0.39, 0.29) is 5.75 Å². The number of thiol groups is 1. The molecule has 3 N–H and O–H groups in total. The molecule has 0 radical (unpaired) electrons. The van der Waals surface area contributed by atoms with E-state index in [9.17, 15) is 19.2 Å². The second kappa shape index (κ2) is 9.60. The number of nitrogens with two attached hydrogens (primary N) is 1. The number of aliphatic carboxylic acids is 1. The first-order valence-corrected chi connectivity index (χ1v) is 4.84. The summed E-state index contributed by atoms with van der Waals surface area (Å²) in [5.41, 5.74) is 4.94. The third-order valence-corrected chi connectivity index (χ3v) is 1.36. The van der Waals surface area contributed by atoms with Gasteiger partial charge in [0.1, 0.15) is 6.04 Å². The molecule has 98 valence electrons.